The van der Waals surface area contributed by atoms with Gasteiger partial charge in [0.25, 0.3) is 5.91 Å². The molecule has 0 saturated carbocycles. The number of amides is 1. The van der Waals surface area contributed by atoms with Gasteiger partial charge in [-0.15, -0.1) is 0 Å². The van der Waals surface area contributed by atoms with E-state index in [0.717, 1.165) is 5.71 Å². The largest absolute Gasteiger partial charge is 0.330 e. The molecule has 0 spiro atoms. The van der Waals surface area contributed by atoms with E-state index in [1.807, 2.05) is 0 Å². The maximum absolute atomic E-state index is 11.8. The van der Waals surface area contributed by atoms with Crippen LogP contribution in [0.25, 0.3) is 0 Å². The SMILES string of the molecule is NCCC1=NN(c2ccc(Cl)c(Cl)c2)C(=O)C1. The lowest BCUT2D eigenvalue weighted by atomic mass is 10.2. The smallest absolute Gasteiger partial charge is 0.253 e. The Morgan fingerprint density at radius 3 is 2.76 bits per heavy atom. The number of halogens is 2. The summed E-state index contributed by atoms with van der Waals surface area (Å²) in [4.78, 5) is 11.8. The van der Waals surface area contributed by atoms with Crippen molar-refractivity contribution in [1.82, 2.24) is 0 Å². The monoisotopic (exact) mass is 271 g/mol. The van der Waals surface area contributed by atoms with Crippen LogP contribution in [0.1, 0.15) is 12.8 Å². The Labute approximate surface area is 109 Å². The minimum absolute atomic E-state index is 0.0770. The molecule has 0 atom stereocenters. The van der Waals surface area contributed by atoms with Gasteiger partial charge in [0, 0.05) is 12.1 Å². The van der Waals surface area contributed by atoms with Gasteiger partial charge in [-0.25, -0.2) is 5.01 Å². The molecule has 2 N–H and O–H groups in total. The van der Waals surface area contributed by atoms with E-state index in [-0.39, 0.29) is 5.91 Å². The molecule has 2 rings (SSSR count). The third-order valence-electron chi connectivity index (χ3n) is 2.41. The molecule has 0 bridgehead atoms. The highest BCUT2D eigenvalue weighted by Crippen LogP contribution is 2.29. The summed E-state index contributed by atoms with van der Waals surface area (Å²) in [5, 5.41) is 6.41. The highest BCUT2D eigenvalue weighted by atomic mass is 35.5. The van der Waals surface area contributed by atoms with Gasteiger partial charge in [-0.3, -0.25) is 4.79 Å². The number of carbonyl (C=O) groups is 1. The van der Waals surface area contributed by atoms with Gasteiger partial charge in [0.1, 0.15) is 0 Å². The molecule has 1 heterocycles. The normalized spacial score (nSPS) is 15.4. The second-order valence-electron chi connectivity index (χ2n) is 3.69. The number of nitrogens with two attached hydrogens (primary N) is 1. The Kier molecular flexibility index (Phi) is 3.66. The summed E-state index contributed by atoms with van der Waals surface area (Å²) in [6.07, 6.45) is 0.945. The van der Waals surface area contributed by atoms with E-state index in [9.17, 15) is 4.79 Å². The van der Waals surface area contributed by atoms with Gasteiger partial charge in [0.05, 0.1) is 22.2 Å². The number of anilines is 1. The zero-order chi connectivity index (χ0) is 12.4. The van der Waals surface area contributed by atoms with Crippen molar-refractivity contribution in [2.24, 2.45) is 10.8 Å². The van der Waals surface area contributed by atoms with Crippen LogP contribution >= 0.6 is 23.2 Å². The van der Waals surface area contributed by atoms with Crippen molar-refractivity contribution < 1.29 is 4.79 Å². The number of carbonyl (C=O) groups excluding carboxylic acids is 1. The van der Waals surface area contributed by atoms with E-state index in [1.165, 1.54) is 5.01 Å². The topological polar surface area (TPSA) is 58.7 Å². The average Bonchev–Trinajstić information content (AvgIpc) is 2.64. The number of rotatable bonds is 3. The lowest BCUT2D eigenvalue weighted by molar-refractivity contribution is -0.116. The van der Waals surface area contributed by atoms with Crippen molar-refractivity contribution in [3.8, 4) is 0 Å². The van der Waals surface area contributed by atoms with Crippen LogP contribution in [0.2, 0.25) is 10.0 Å². The van der Waals surface area contributed by atoms with Gasteiger partial charge in [-0.1, -0.05) is 23.2 Å². The van der Waals surface area contributed by atoms with Crippen LogP contribution in [0.5, 0.6) is 0 Å². The summed E-state index contributed by atoms with van der Waals surface area (Å²) in [7, 11) is 0. The van der Waals surface area contributed by atoms with Crippen LogP contribution in [0.4, 0.5) is 5.69 Å². The first-order valence-corrected chi connectivity index (χ1v) is 5.92. The fourth-order valence-corrected chi connectivity index (χ4v) is 1.90. The minimum atomic E-state index is -0.0770. The highest BCUT2D eigenvalue weighted by molar-refractivity contribution is 6.42. The first-order chi connectivity index (χ1) is 8.11. The Morgan fingerprint density at radius 1 is 1.35 bits per heavy atom. The molecule has 1 amide bonds. The van der Waals surface area contributed by atoms with E-state index in [2.05, 4.69) is 5.10 Å². The molecule has 0 radical (unpaired) electrons. The van der Waals surface area contributed by atoms with E-state index in [0.29, 0.717) is 35.1 Å². The molecule has 0 unspecified atom stereocenters. The molecule has 1 aromatic rings. The Bertz CT molecular complexity index is 488. The standard InChI is InChI=1S/C11H11Cl2N3O/c12-9-2-1-8(6-10(9)13)16-11(17)5-7(15-16)3-4-14/h1-2,6H,3-5,14H2. The molecule has 0 aliphatic carbocycles. The van der Waals surface area contributed by atoms with E-state index < -0.39 is 0 Å². The van der Waals surface area contributed by atoms with Gasteiger partial charge >= 0.3 is 0 Å². The second-order valence-corrected chi connectivity index (χ2v) is 4.50. The van der Waals surface area contributed by atoms with Gasteiger partial charge < -0.3 is 5.73 Å². The fourth-order valence-electron chi connectivity index (χ4n) is 1.61. The summed E-state index contributed by atoms with van der Waals surface area (Å²) in [5.41, 5.74) is 6.85. The van der Waals surface area contributed by atoms with Crippen molar-refractivity contribution in [3.63, 3.8) is 0 Å². The molecule has 0 aromatic heterocycles. The van der Waals surface area contributed by atoms with Crippen LogP contribution in [-0.2, 0) is 4.79 Å². The van der Waals surface area contributed by atoms with E-state index in [4.69, 9.17) is 28.9 Å². The highest BCUT2D eigenvalue weighted by Gasteiger charge is 2.24. The Hall–Kier alpha value is -1.10. The van der Waals surface area contributed by atoms with E-state index >= 15 is 0 Å². The number of hydrogen-bond acceptors (Lipinski definition) is 3. The molecule has 1 aromatic carbocycles. The summed E-state index contributed by atoms with van der Waals surface area (Å²) in [6, 6.07) is 4.97. The molecule has 1 aliphatic rings. The van der Waals surface area contributed by atoms with Crippen molar-refractivity contribution >= 4 is 40.5 Å². The van der Waals surface area contributed by atoms with Crippen LogP contribution < -0.4 is 10.7 Å². The van der Waals surface area contributed by atoms with Crippen LogP contribution in [0.3, 0.4) is 0 Å². The number of hydrogen-bond donors (Lipinski definition) is 1. The summed E-state index contributed by atoms with van der Waals surface area (Å²) in [6.45, 7) is 0.487. The second kappa shape index (κ2) is 5.04. The zero-order valence-electron chi connectivity index (χ0n) is 8.99. The minimum Gasteiger partial charge on any atom is -0.330 e. The lowest BCUT2D eigenvalue weighted by Crippen LogP contribution is -2.19. The van der Waals surface area contributed by atoms with Crippen molar-refractivity contribution in [2.75, 3.05) is 11.6 Å². The first kappa shape index (κ1) is 12.4. The average molecular weight is 272 g/mol. The van der Waals surface area contributed by atoms with E-state index in [1.54, 1.807) is 18.2 Å². The van der Waals surface area contributed by atoms with Gasteiger partial charge in [0.2, 0.25) is 0 Å². The third-order valence-corrected chi connectivity index (χ3v) is 3.15. The van der Waals surface area contributed by atoms with Crippen molar-refractivity contribution in [1.29, 1.82) is 0 Å². The zero-order valence-corrected chi connectivity index (χ0v) is 10.5. The predicted octanol–water partition coefficient (Wildman–Crippen LogP) is 2.43. The molecule has 6 heteroatoms. The van der Waals surface area contributed by atoms with Crippen molar-refractivity contribution in [2.45, 2.75) is 12.8 Å². The Balaban J connectivity index is 2.27. The molecular formula is C11H11Cl2N3O. The summed E-state index contributed by atoms with van der Waals surface area (Å²) >= 11 is 11.7. The van der Waals surface area contributed by atoms with Crippen LogP contribution in [0, 0.1) is 0 Å². The van der Waals surface area contributed by atoms with Crippen LogP contribution in [0.15, 0.2) is 23.3 Å². The third kappa shape index (κ3) is 2.60. The maximum Gasteiger partial charge on any atom is 0.253 e. The molecule has 0 fully saturated rings. The first-order valence-electron chi connectivity index (χ1n) is 5.16. The quantitative estimate of drug-likeness (QED) is 0.918. The predicted molar refractivity (Wildman–Crippen MR) is 69.7 cm³/mol. The summed E-state index contributed by atoms with van der Waals surface area (Å²) in [5.74, 6) is -0.0770. The summed E-state index contributed by atoms with van der Waals surface area (Å²) < 4.78 is 0. The molecular weight excluding hydrogens is 261 g/mol. The van der Waals surface area contributed by atoms with Crippen LogP contribution in [-0.4, -0.2) is 18.2 Å². The molecule has 90 valence electrons. The maximum atomic E-state index is 11.8. The van der Waals surface area contributed by atoms with Crippen molar-refractivity contribution in [3.05, 3.63) is 28.2 Å². The number of hydrazone groups is 1. The van der Waals surface area contributed by atoms with Gasteiger partial charge in [0.15, 0.2) is 0 Å². The fraction of sp³-hybridized carbons (Fsp3) is 0.273. The molecule has 4 nitrogen and oxygen atoms in total. The number of benzene rings is 1. The molecule has 0 saturated heterocycles. The van der Waals surface area contributed by atoms with Gasteiger partial charge in [-0.05, 0) is 24.7 Å². The van der Waals surface area contributed by atoms with Gasteiger partial charge in [-0.2, -0.15) is 5.10 Å². The number of nitrogens with zero attached hydrogens (tertiary/aromatic N) is 2. The lowest BCUT2D eigenvalue weighted by Gasteiger charge is -2.12. The molecule has 17 heavy (non-hydrogen) atoms. The molecule has 1 aliphatic heterocycles. The Morgan fingerprint density at radius 2 is 2.12 bits per heavy atom.